The number of nitrogens with two attached hydrogens (primary N) is 1. The molecular formula is C13H12ClFN2O. The van der Waals surface area contributed by atoms with Crippen LogP contribution in [-0.2, 0) is 0 Å². The first-order chi connectivity index (χ1) is 8.58. The minimum atomic E-state index is -0.464. The third-order valence-electron chi connectivity index (χ3n) is 2.38. The molecule has 94 valence electrons. The summed E-state index contributed by atoms with van der Waals surface area (Å²) in [5.74, 6) is 0.418. The number of pyridine rings is 1. The van der Waals surface area contributed by atoms with E-state index in [1.165, 1.54) is 18.5 Å². The normalized spacial score (nSPS) is 12.2. The van der Waals surface area contributed by atoms with Gasteiger partial charge in [0.05, 0.1) is 11.2 Å². The van der Waals surface area contributed by atoms with E-state index in [9.17, 15) is 4.39 Å². The summed E-state index contributed by atoms with van der Waals surface area (Å²) in [6.45, 7) is 1.70. The van der Waals surface area contributed by atoms with Crippen molar-refractivity contribution in [1.29, 1.82) is 0 Å². The molecule has 1 atom stereocenters. The van der Waals surface area contributed by atoms with Gasteiger partial charge in [0.25, 0.3) is 0 Å². The standard InChI is InChI=1S/C13H12ClFN2O/c1-8(16)13-11(15)3-2-4-12(13)18-10-5-9(14)6-17-7-10/h2-8H,16H2,1H3/t8-/m0/s1. The van der Waals surface area contributed by atoms with Crippen molar-refractivity contribution in [3.05, 3.63) is 53.1 Å². The number of rotatable bonds is 3. The maximum atomic E-state index is 13.7. The van der Waals surface area contributed by atoms with Crippen molar-refractivity contribution in [2.45, 2.75) is 13.0 Å². The van der Waals surface area contributed by atoms with Crippen LogP contribution in [0.1, 0.15) is 18.5 Å². The first kappa shape index (κ1) is 12.8. The molecule has 0 saturated carbocycles. The number of hydrogen-bond donors (Lipinski definition) is 1. The molecule has 2 rings (SSSR count). The fourth-order valence-corrected chi connectivity index (χ4v) is 1.79. The van der Waals surface area contributed by atoms with Crippen molar-refractivity contribution in [3.8, 4) is 11.5 Å². The molecule has 0 fully saturated rings. The Hall–Kier alpha value is -1.65. The summed E-state index contributed by atoms with van der Waals surface area (Å²) in [5.41, 5.74) is 6.07. The largest absolute Gasteiger partial charge is 0.455 e. The molecule has 1 aromatic heterocycles. The van der Waals surface area contributed by atoms with Gasteiger partial charge < -0.3 is 10.5 Å². The highest BCUT2D eigenvalue weighted by molar-refractivity contribution is 6.30. The van der Waals surface area contributed by atoms with E-state index in [1.807, 2.05) is 0 Å². The van der Waals surface area contributed by atoms with E-state index in [1.54, 1.807) is 25.1 Å². The first-order valence-electron chi connectivity index (χ1n) is 5.40. The van der Waals surface area contributed by atoms with Crippen LogP contribution >= 0.6 is 11.6 Å². The van der Waals surface area contributed by atoms with Crippen molar-refractivity contribution in [1.82, 2.24) is 4.98 Å². The van der Waals surface area contributed by atoms with Crippen molar-refractivity contribution >= 4 is 11.6 Å². The molecule has 0 saturated heterocycles. The first-order valence-corrected chi connectivity index (χ1v) is 5.78. The van der Waals surface area contributed by atoms with Crippen LogP contribution in [0.15, 0.2) is 36.7 Å². The Morgan fingerprint density at radius 1 is 1.39 bits per heavy atom. The summed E-state index contributed by atoms with van der Waals surface area (Å²) in [6.07, 6.45) is 2.99. The molecule has 0 radical (unpaired) electrons. The Morgan fingerprint density at radius 2 is 2.17 bits per heavy atom. The van der Waals surface area contributed by atoms with E-state index < -0.39 is 11.9 Å². The Bertz CT molecular complexity index is 560. The van der Waals surface area contributed by atoms with Crippen LogP contribution in [0.3, 0.4) is 0 Å². The van der Waals surface area contributed by atoms with Crippen molar-refractivity contribution in [2.75, 3.05) is 0 Å². The van der Waals surface area contributed by atoms with Gasteiger partial charge in [0.2, 0.25) is 0 Å². The molecule has 3 nitrogen and oxygen atoms in total. The molecule has 2 aromatic rings. The second-order valence-corrected chi connectivity index (χ2v) is 4.32. The molecule has 0 amide bonds. The van der Waals surface area contributed by atoms with Crippen molar-refractivity contribution in [3.63, 3.8) is 0 Å². The molecule has 5 heteroatoms. The van der Waals surface area contributed by atoms with Gasteiger partial charge in [-0.1, -0.05) is 17.7 Å². The van der Waals surface area contributed by atoms with Crippen LogP contribution in [-0.4, -0.2) is 4.98 Å². The summed E-state index contributed by atoms with van der Waals surface area (Å²) >= 11 is 5.80. The van der Waals surface area contributed by atoms with Gasteiger partial charge in [-0.2, -0.15) is 0 Å². The minimum absolute atomic E-state index is 0.331. The van der Waals surface area contributed by atoms with E-state index in [2.05, 4.69) is 4.98 Å². The number of benzene rings is 1. The molecule has 1 heterocycles. The van der Waals surface area contributed by atoms with Crippen LogP contribution in [0.2, 0.25) is 5.02 Å². The summed E-state index contributed by atoms with van der Waals surface area (Å²) < 4.78 is 19.2. The van der Waals surface area contributed by atoms with Gasteiger partial charge in [-0.3, -0.25) is 4.98 Å². The van der Waals surface area contributed by atoms with E-state index in [0.29, 0.717) is 22.1 Å². The van der Waals surface area contributed by atoms with E-state index >= 15 is 0 Å². The maximum absolute atomic E-state index is 13.7. The number of ether oxygens (including phenoxy) is 1. The van der Waals surface area contributed by atoms with E-state index in [-0.39, 0.29) is 0 Å². The Morgan fingerprint density at radius 3 is 2.83 bits per heavy atom. The van der Waals surface area contributed by atoms with Crippen LogP contribution in [0, 0.1) is 5.82 Å². The lowest BCUT2D eigenvalue weighted by molar-refractivity contribution is 0.459. The molecule has 0 aliphatic heterocycles. The van der Waals surface area contributed by atoms with Crippen LogP contribution in [0.25, 0.3) is 0 Å². The summed E-state index contributed by atoms with van der Waals surface area (Å²) in [5, 5.41) is 0.450. The summed E-state index contributed by atoms with van der Waals surface area (Å²) in [4.78, 5) is 3.90. The van der Waals surface area contributed by atoms with Crippen LogP contribution < -0.4 is 10.5 Å². The highest BCUT2D eigenvalue weighted by Crippen LogP contribution is 2.31. The third-order valence-corrected chi connectivity index (χ3v) is 2.58. The lowest BCUT2D eigenvalue weighted by atomic mass is 10.1. The lowest BCUT2D eigenvalue weighted by Crippen LogP contribution is -2.09. The quantitative estimate of drug-likeness (QED) is 0.922. The lowest BCUT2D eigenvalue weighted by Gasteiger charge is -2.14. The molecule has 0 unspecified atom stereocenters. The van der Waals surface area contributed by atoms with E-state index in [4.69, 9.17) is 22.1 Å². The molecule has 0 aliphatic carbocycles. The molecule has 1 aromatic carbocycles. The summed E-state index contributed by atoms with van der Waals surface area (Å²) in [7, 11) is 0. The fraction of sp³-hybridized carbons (Fsp3) is 0.154. The average molecular weight is 267 g/mol. The Kier molecular flexibility index (Phi) is 3.79. The smallest absolute Gasteiger partial charge is 0.147 e. The van der Waals surface area contributed by atoms with Crippen molar-refractivity contribution < 1.29 is 9.13 Å². The predicted molar refractivity (Wildman–Crippen MR) is 68.3 cm³/mol. The van der Waals surface area contributed by atoms with Gasteiger partial charge in [-0.05, 0) is 19.1 Å². The van der Waals surface area contributed by atoms with Gasteiger partial charge >= 0.3 is 0 Å². The van der Waals surface area contributed by atoms with E-state index in [0.717, 1.165) is 0 Å². The molecule has 2 N–H and O–H groups in total. The average Bonchev–Trinajstić information content (AvgIpc) is 2.28. The maximum Gasteiger partial charge on any atom is 0.147 e. The number of halogens is 2. The highest BCUT2D eigenvalue weighted by Gasteiger charge is 2.14. The van der Waals surface area contributed by atoms with Crippen molar-refractivity contribution in [2.24, 2.45) is 5.73 Å². The minimum Gasteiger partial charge on any atom is -0.455 e. The Labute approximate surface area is 109 Å². The van der Waals surface area contributed by atoms with Gasteiger partial charge in [0.15, 0.2) is 0 Å². The van der Waals surface area contributed by atoms with Gasteiger partial charge in [-0.15, -0.1) is 0 Å². The zero-order chi connectivity index (χ0) is 13.1. The van der Waals surface area contributed by atoms with Gasteiger partial charge in [0.1, 0.15) is 17.3 Å². The zero-order valence-corrected chi connectivity index (χ0v) is 10.5. The molecule has 0 bridgehead atoms. The molecular weight excluding hydrogens is 255 g/mol. The number of aromatic nitrogens is 1. The number of hydrogen-bond acceptors (Lipinski definition) is 3. The molecule has 0 aliphatic rings. The second-order valence-electron chi connectivity index (χ2n) is 3.88. The third kappa shape index (κ3) is 2.78. The second kappa shape index (κ2) is 5.33. The zero-order valence-electron chi connectivity index (χ0n) is 9.73. The molecule has 18 heavy (non-hydrogen) atoms. The molecule has 0 spiro atoms. The van der Waals surface area contributed by atoms with Crippen LogP contribution in [0.5, 0.6) is 11.5 Å². The summed E-state index contributed by atoms with van der Waals surface area (Å²) in [6, 6.07) is 5.71. The highest BCUT2D eigenvalue weighted by atomic mass is 35.5. The van der Waals surface area contributed by atoms with Gasteiger partial charge in [0, 0.05) is 23.9 Å². The van der Waals surface area contributed by atoms with Crippen LogP contribution in [0.4, 0.5) is 4.39 Å². The number of nitrogens with zero attached hydrogens (tertiary/aromatic N) is 1. The SMILES string of the molecule is C[C@H](N)c1c(F)cccc1Oc1cncc(Cl)c1. The monoisotopic (exact) mass is 266 g/mol. The topological polar surface area (TPSA) is 48.1 Å². The predicted octanol–water partition coefficient (Wildman–Crippen LogP) is 3.69. The Balaban J connectivity index is 2.37. The fourth-order valence-electron chi connectivity index (χ4n) is 1.62. The van der Waals surface area contributed by atoms with Gasteiger partial charge in [-0.25, -0.2) is 4.39 Å².